The number of hydrogen-bond donors (Lipinski definition) is 1. The van der Waals surface area contributed by atoms with Gasteiger partial charge in [0.25, 0.3) is 0 Å². The highest BCUT2D eigenvalue weighted by molar-refractivity contribution is 7.91. The number of nitrogens with zero attached hydrogens (tertiary/aromatic N) is 3. The fraction of sp³-hybridized carbons (Fsp3) is 0.333. The van der Waals surface area contributed by atoms with Crippen LogP contribution >= 0.6 is 0 Å². The quantitative estimate of drug-likeness (QED) is 0.777. The van der Waals surface area contributed by atoms with Gasteiger partial charge in [-0.3, -0.25) is 9.67 Å². The van der Waals surface area contributed by atoms with Crippen molar-refractivity contribution in [3.8, 4) is 0 Å². The summed E-state index contributed by atoms with van der Waals surface area (Å²) in [7, 11) is -3.70. The number of benzene rings is 1. The molecular weight excluding hydrogens is 336 g/mol. The molecule has 0 unspecified atom stereocenters. The van der Waals surface area contributed by atoms with Crippen LogP contribution in [0.1, 0.15) is 19.3 Å². The van der Waals surface area contributed by atoms with Crippen LogP contribution in [0.5, 0.6) is 0 Å². The lowest BCUT2D eigenvalue weighted by Gasteiger charge is -2.23. The minimum Gasteiger partial charge on any atom is -0.312 e. The Morgan fingerprint density at radius 1 is 1.12 bits per heavy atom. The molecule has 0 bridgehead atoms. The number of aromatic nitrogens is 3. The van der Waals surface area contributed by atoms with Crippen molar-refractivity contribution in [3.63, 3.8) is 0 Å². The average molecular weight is 356 g/mol. The summed E-state index contributed by atoms with van der Waals surface area (Å²) in [6, 6.07) is 12.4. The third-order valence-electron chi connectivity index (χ3n) is 4.59. The summed E-state index contributed by atoms with van der Waals surface area (Å²) in [5.74, 6) is 0. The van der Waals surface area contributed by atoms with E-state index in [-0.39, 0.29) is 9.92 Å². The number of rotatable bonds is 4. The Hall–Kier alpha value is -2.25. The Bertz CT molecular complexity index is 977. The van der Waals surface area contributed by atoms with Gasteiger partial charge in [0.15, 0.2) is 0 Å². The SMILES string of the molecule is O=S(=O)(c1ccccc1)c1nn(C[C@H]2CCCCN2)c2cccnc12. The number of nitrogens with one attached hydrogen (secondary N) is 1. The van der Waals surface area contributed by atoms with E-state index in [1.54, 1.807) is 41.2 Å². The maximum absolute atomic E-state index is 13.0. The van der Waals surface area contributed by atoms with Gasteiger partial charge in [0.05, 0.1) is 17.0 Å². The molecule has 0 spiro atoms. The number of pyridine rings is 1. The number of hydrogen-bond acceptors (Lipinski definition) is 5. The normalized spacial score (nSPS) is 18.5. The van der Waals surface area contributed by atoms with Crippen molar-refractivity contribution in [2.45, 2.75) is 41.8 Å². The smallest absolute Gasteiger partial charge is 0.227 e. The second-order valence-electron chi connectivity index (χ2n) is 6.32. The highest BCUT2D eigenvalue weighted by Crippen LogP contribution is 2.26. The lowest BCUT2D eigenvalue weighted by molar-refractivity contribution is 0.353. The van der Waals surface area contributed by atoms with Crippen LogP contribution in [0.4, 0.5) is 0 Å². The third kappa shape index (κ3) is 3.05. The van der Waals surface area contributed by atoms with Crippen molar-refractivity contribution in [3.05, 3.63) is 48.7 Å². The van der Waals surface area contributed by atoms with Crippen molar-refractivity contribution >= 4 is 20.9 Å². The Labute approximate surface area is 146 Å². The topological polar surface area (TPSA) is 76.9 Å². The Morgan fingerprint density at radius 2 is 1.96 bits per heavy atom. The Morgan fingerprint density at radius 3 is 2.72 bits per heavy atom. The summed E-state index contributed by atoms with van der Waals surface area (Å²) in [4.78, 5) is 4.54. The van der Waals surface area contributed by atoms with E-state index < -0.39 is 9.84 Å². The summed E-state index contributed by atoms with van der Waals surface area (Å²) < 4.78 is 27.8. The van der Waals surface area contributed by atoms with Crippen LogP contribution in [0.3, 0.4) is 0 Å². The van der Waals surface area contributed by atoms with Gasteiger partial charge in [-0.15, -0.1) is 0 Å². The minimum atomic E-state index is -3.70. The van der Waals surface area contributed by atoms with Gasteiger partial charge in [0.1, 0.15) is 5.52 Å². The second kappa shape index (κ2) is 6.57. The van der Waals surface area contributed by atoms with Crippen LogP contribution in [-0.2, 0) is 16.4 Å². The van der Waals surface area contributed by atoms with Crippen molar-refractivity contribution in [2.75, 3.05) is 6.54 Å². The van der Waals surface area contributed by atoms with E-state index in [2.05, 4.69) is 15.4 Å². The predicted molar refractivity (Wildman–Crippen MR) is 95.1 cm³/mol. The Kier molecular flexibility index (Phi) is 4.27. The standard InChI is InChI=1S/C18H20N4O2S/c23-25(24,15-8-2-1-3-9-15)18-17-16(10-6-12-20-17)22(21-18)13-14-7-4-5-11-19-14/h1-3,6,8-10,12,14,19H,4-5,7,11,13H2/t14-/m1/s1. The van der Waals surface area contributed by atoms with Gasteiger partial charge in [-0.25, -0.2) is 8.42 Å². The lowest BCUT2D eigenvalue weighted by atomic mass is 10.1. The fourth-order valence-corrected chi connectivity index (χ4v) is 4.66. The van der Waals surface area contributed by atoms with E-state index in [1.165, 1.54) is 12.8 Å². The summed E-state index contributed by atoms with van der Waals surface area (Å²) >= 11 is 0. The number of sulfone groups is 1. The van der Waals surface area contributed by atoms with Crippen molar-refractivity contribution in [2.24, 2.45) is 0 Å². The van der Waals surface area contributed by atoms with Crippen LogP contribution < -0.4 is 5.32 Å². The molecule has 1 aliphatic heterocycles. The van der Waals surface area contributed by atoms with Crippen molar-refractivity contribution in [1.29, 1.82) is 0 Å². The van der Waals surface area contributed by atoms with Gasteiger partial charge in [-0.2, -0.15) is 5.10 Å². The zero-order chi connectivity index (χ0) is 17.3. The molecule has 1 aliphatic rings. The monoisotopic (exact) mass is 356 g/mol. The van der Waals surface area contributed by atoms with Crippen LogP contribution in [0.15, 0.2) is 58.6 Å². The van der Waals surface area contributed by atoms with Gasteiger partial charge < -0.3 is 5.32 Å². The molecule has 0 saturated carbocycles. The first-order valence-corrected chi connectivity index (χ1v) is 9.99. The zero-order valence-corrected chi connectivity index (χ0v) is 14.6. The molecule has 1 aromatic carbocycles. The highest BCUT2D eigenvalue weighted by Gasteiger charge is 2.27. The minimum absolute atomic E-state index is 0.0325. The predicted octanol–water partition coefficient (Wildman–Crippen LogP) is 2.41. The molecule has 7 heteroatoms. The number of piperidine rings is 1. The summed E-state index contributed by atoms with van der Waals surface area (Å²) in [5, 5.41) is 7.97. The first-order chi connectivity index (χ1) is 12.2. The van der Waals surface area contributed by atoms with Gasteiger partial charge in [0, 0.05) is 12.2 Å². The molecule has 1 fully saturated rings. The number of fused-ring (bicyclic) bond motifs is 1. The molecule has 3 heterocycles. The summed E-state index contributed by atoms with van der Waals surface area (Å²) in [6.07, 6.45) is 5.05. The molecule has 1 N–H and O–H groups in total. The Balaban J connectivity index is 1.80. The maximum atomic E-state index is 13.0. The molecular formula is C18H20N4O2S. The molecule has 1 atom stereocenters. The van der Waals surface area contributed by atoms with E-state index in [9.17, 15) is 8.42 Å². The third-order valence-corrected chi connectivity index (χ3v) is 6.27. The lowest BCUT2D eigenvalue weighted by Crippen LogP contribution is -2.37. The van der Waals surface area contributed by atoms with Gasteiger partial charge in [-0.05, 0) is 43.7 Å². The molecule has 25 heavy (non-hydrogen) atoms. The van der Waals surface area contributed by atoms with E-state index in [0.717, 1.165) is 18.5 Å². The summed E-state index contributed by atoms with van der Waals surface area (Å²) in [5.41, 5.74) is 1.19. The van der Waals surface area contributed by atoms with Crippen molar-refractivity contribution in [1.82, 2.24) is 20.1 Å². The van der Waals surface area contributed by atoms with Crippen LogP contribution in [0.2, 0.25) is 0 Å². The molecule has 0 radical (unpaired) electrons. The average Bonchev–Trinajstić information content (AvgIpc) is 3.03. The maximum Gasteiger partial charge on any atom is 0.227 e. The fourth-order valence-electron chi connectivity index (χ4n) is 3.30. The van der Waals surface area contributed by atoms with Gasteiger partial charge in [-0.1, -0.05) is 24.6 Å². The van der Waals surface area contributed by atoms with Gasteiger partial charge >= 0.3 is 0 Å². The second-order valence-corrected chi connectivity index (χ2v) is 8.19. The summed E-state index contributed by atoms with van der Waals surface area (Å²) in [6.45, 7) is 1.64. The van der Waals surface area contributed by atoms with E-state index >= 15 is 0 Å². The van der Waals surface area contributed by atoms with Gasteiger partial charge in [0.2, 0.25) is 14.9 Å². The molecule has 0 aliphatic carbocycles. The van der Waals surface area contributed by atoms with E-state index in [0.29, 0.717) is 18.1 Å². The van der Waals surface area contributed by atoms with Crippen molar-refractivity contribution < 1.29 is 8.42 Å². The van der Waals surface area contributed by atoms with E-state index in [1.807, 2.05) is 12.1 Å². The molecule has 4 rings (SSSR count). The largest absolute Gasteiger partial charge is 0.312 e. The first-order valence-electron chi connectivity index (χ1n) is 8.51. The molecule has 1 saturated heterocycles. The molecule has 3 aromatic rings. The zero-order valence-electron chi connectivity index (χ0n) is 13.8. The van der Waals surface area contributed by atoms with Crippen LogP contribution in [-0.4, -0.2) is 35.8 Å². The van der Waals surface area contributed by atoms with E-state index in [4.69, 9.17) is 0 Å². The van der Waals surface area contributed by atoms with Crippen LogP contribution in [0.25, 0.3) is 11.0 Å². The molecule has 130 valence electrons. The molecule has 6 nitrogen and oxygen atoms in total. The van der Waals surface area contributed by atoms with Crippen LogP contribution in [0, 0.1) is 0 Å². The highest BCUT2D eigenvalue weighted by atomic mass is 32.2. The molecule has 0 amide bonds. The molecule has 2 aromatic heterocycles. The first kappa shape index (κ1) is 16.2.